The van der Waals surface area contributed by atoms with Gasteiger partial charge in [0.05, 0.1) is 0 Å². The molecule has 0 atom stereocenters. The maximum atomic E-state index is 11.8. The van der Waals surface area contributed by atoms with E-state index in [1.807, 2.05) is 0 Å². The van der Waals surface area contributed by atoms with Crippen LogP contribution in [0.1, 0.15) is 0 Å². The van der Waals surface area contributed by atoms with Gasteiger partial charge in [-0.2, -0.15) is 0 Å². The fraction of sp³-hybridized carbons (Fsp3) is 0. The molecular formula is C9H7BrN2O2S2. The van der Waals surface area contributed by atoms with Crippen LogP contribution in [0.2, 0.25) is 0 Å². The first-order valence-corrected chi connectivity index (χ1v) is 7.42. The van der Waals surface area contributed by atoms with E-state index in [9.17, 15) is 8.42 Å². The van der Waals surface area contributed by atoms with E-state index in [0.29, 0.717) is 10.4 Å². The molecule has 2 rings (SSSR count). The van der Waals surface area contributed by atoms with Gasteiger partial charge in [-0.05, 0) is 39.5 Å². The third-order valence-corrected chi connectivity index (χ3v) is 4.91. The summed E-state index contributed by atoms with van der Waals surface area (Å²) in [6.07, 6.45) is 0. The summed E-state index contributed by atoms with van der Waals surface area (Å²) in [6.45, 7) is 0. The largest absolute Gasteiger partial charge is 0.272 e. The molecule has 0 radical (unpaired) electrons. The smallest absolute Gasteiger partial charge is 0.263 e. The van der Waals surface area contributed by atoms with Crippen molar-refractivity contribution in [3.05, 3.63) is 40.3 Å². The SMILES string of the molecule is O=S(=O)(Nc1cccc(Br)n1)c1cccs1. The van der Waals surface area contributed by atoms with E-state index >= 15 is 0 Å². The number of halogens is 1. The summed E-state index contributed by atoms with van der Waals surface area (Å²) in [4.78, 5) is 4.00. The Morgan fingerprint density at radius 2 is 2.06 bits per heavy atom. The van der Waals surface area contributed by atoms with Crippen molar-refractivity contribution < 1.29 is 8.42 Å². The molecular weight excluding hydrogens is 312 g/mol. The molecule has 7 heteroatoms. The second-order valence-electron chi connectivity index (χ2n) is 2.88. The van der Waals surface area contributed by atoms with E-state index in [1.165, 1.54) is 0 Å². The van der Waals surface area contributed by atoms with Gasteiger partial charge in [0, 0.05) is 0 Å². The Labute approximate surface area is 106 Å². The van der Waals surface area contributed by atoms with Crippen molar-refractivity contribution in [1.29, 1.82) is 0 Å². The fourth-order valence-electron chi connectivity index (χ4n) is 1.07. The first-order chi connectivity index (χ1) is 7.58. The van der Waals surface area contributed by atoms with Crippen molar-refractivity contribution >= 4 is 43.1 Å². The van der Waals surface area contributed by atoms with Crippen LogP contribution < -0.4 is 4.72 Å². The minimum absolute atomic E-state index is 0.272. The Morgan fingerprint density at radius 3 is 2.69 bits per heavy atom. The number of pyridine rings is 1. The summed E-state index contributed by atoms with van der Waals surface area (Å²) < 4.78 is 26.9. The molecule has 0 bridgehead atoms. The lowest BCUT2D eigenvalue weighted by molar-refractivity contribution is 0.603. The van der Waals surface area contributed by atoms with E-state index in [4.69, 9.17) is 0 Å². The fourth-order valence-corrected chi connectivity index (χ4v) is 3.41. The van der Waals surface area contributed by atoms with Gasteiger partial charge in [-0.15, -0.1) is 11.3 Å². The second-order valence-corrected chi connectivity index (χ2v) is 6.55. The lowest BCUT2D eigenvalue weighted by atomic mass is 10.5. The number of hydrogen-bond acceptors (Lipinski definition) is 4. The topological polar surface area (TPSA) is 59.1 Å². The van der Waals surface area contributed by atoms with Crippen LogP contribution >= 0.6 is 27.3 Å². The van der Waals surface area contributed by atoms with E-state index < -0.39 is 10.0 Å². The lowest BCUT2D eigenvalue weighted by Gasteiger charge is -2.04. The van der Waals surface area contributed by atoms with Crippen molar-refractivity contribution in [3.8, 4) is 0 Å². The molecule has 16 heavy (non-hydrogen) atoms. The Balaban J connectivity index is 2.29. The molecule has 0 saturated heterocycles. The third kappa shape index (κ3) is 2.60. The Hall–Kier alpha value is -0.920. The monoisotopic (exact) mass is 318 g/mol. The predicted octanol–water partition coefficient (Wildman–Crippen LogP) is 2.71. The van der Waals surface area contributed by atoms with Gasteiger partial charge in [0.15, 0.2) is 0 Å². The number of anilines is 1. The van der Waals surface area contributed by atoms with Crippen molar-refractivity contribution in [2.45, 2.75) is 4.21 Å². The van der Waals surface area contributed by atoms with Crippen LogP contribution in [0.4, 0.5) is 5.82 Å². The number of thiophene rings is 1. The van der Waals surface area contributed by atoms with Gasteiger partial charge in [-0.25, -0.2) is 13.4 Å². The molecule has 2 heterocycles. The molecule has 1 N–H and O–H groups in total. The van der Waals surface area contributed by atoms with Gasteiger partial charge in [0.2, 0.25) is 0 Å². The Bertz CT molecular complexity index is 581. The molecule has 0 aromatic carbocycles. The molecule has 84 valence electrons. The molecule has 2 aromatic heterocycles. The van der Waals surface area contributed by atoms with Crippen LogP contribution in [0, 0.1) is 0 Å². The Morgan fingerprint density at radius 1 is 1.25 bits per heavy atom. The Kier molecular flexibility index (Phi) is 3.27. The van der Waals surface area contributed by atoms with Gasteiger partial charge in [-0.1, -0.05) is 12.1 Å². The van der Waals surface area contributed by atoms with Crippen LogP contribution in [0.5, 0.6) is 0 Å². The minimum atomic E-state index is -3.50. The van der Waals surface area contributed by atoms with Crippen molar-refractivity contribution in [2.24, 2.45) is 0 Å². The number of nitrogens with one attached hydrogen (secondary N) is 1. The maximum Gasteiger partial charge on any atom is 0.272 e. The predicted molar refractivity (Wildman–Crippen MR) is 67.1 cm³/mol. The van der Waals surface area contributed by atoms with E-state index in [-0.39, 0.29) is 4.21 Å². The van der Waals surface area contributed by atoms with Crippen LogP contribution in [-0.2, 0) is 10.0 Å². The number of hydrogen-bond donors (Lipinski definition) is 1. The normalized spacial score (nSPS) is 11.3. The maximum absolute atomic E-state index is 11.8. The first kappa shape index (κ1) is 11.6. The second kappa shape index (κ2) is 4.52. The van der Waals surface area contributed by atoms with Gasteiger partial charge in [-0.3, -0.25) is 4.72 Å². The number of rotatable bonds is 3. The molecule has 0 saturated carbocycles. The zero-order valence-electron chi connectivity index (χ0n) is 7.92. The molecule has 4 nitrogen and oxygen atoms in total. The molecule has 0 unspecified atom stereocenters. The van der Waals surface area contributed by atoms with Crippen molar-refractivity contribution in [3.63, 3.8) is 0 Å². The summed E-state index contributed by atoms with van der Waals surface area (Å²) in [5.74, 6) is 0.294. The summed E-state index contributed by atoms with van der Waals surface area (Å²) in [6, 6.07) is 8.26. The summed E-state index contributed by atoms with van der Waals surface area (Å²) >= 11 is 4.34. The van der Waals surface area contributed by atoms with Gasteiger partial charge >= 0.3 is 0 Å². The molecule has 0 aliphatic rings. The quantitative estimate of drug-likeness (QED) is 0.885. The van der Waals surface area contributed by atoms with E-state index in [0.717, 1.165) is 11.3 Å². The number of sulfonamides is 1. The highest BCUT2D eigenvalue weighted by molar-refractivity contribution is 9.10. The van der Waals surface area contributed by atoms with Gasteiger partial charge < -0.3 is 0 Å². The highest BCUT2D eigenvalue weighted by Gasteiger charge is 2.15. The van der Waals surface area contributed by atoms with Crippen LogP contribution in [0.3, 0.4) is 0 Å². The average molecular weight is 319 g/mol. The molecule has 0 amide bonds. The standard InChI is InChI=1S/C9H7BrN2O2S2/c10-7-3-1-4-8(11-7)12-16(13,14)9-5-2-6-15-9/h1-6H,(H,11,12). The molecule has 0 aliphatic heterocycles. The summed E-state index contributed by atoms with van der Waals surface area (Å²) in [5, 5.41) is 1.71. The molecule has 0 spiro atoms. The zero-order valence-corrected chi connectivity index (χ0v) is 11.1. The minimum Gasteiger partial charge on any atom is -0.263 e. The highest BCUT2D eigenvalue weighted by atomic mass is 79.9. The van der Waals surface area contributed by atoms with Gasteiger partial charge in [0.25, 0.3) is 10.0 Å². The molecule has 2 aromatic rings. The van der Waals surface area contributed by atoms with Crippen LogP contribution in [0.25, 0.3) is 0 Å². The molecule has 0 fully saturated rings. The summed E-state index contributed by atoms with van der Waals surface area (Å²) in [7, 11) is -3.50. The zero-order chi connectivity index (χ0) is 11.6. The summed E-state index contributed by atoms with van der Waals surface area (Å²) in [5.41, 5.74) is 0. The van der Waals surface area contributed by atoms with Crippen LogP contribution in [-0.4, -0.2) is 13.4 Å². The highest BCUT2D eigenvalue weighted by Crippen LogP contribution is 2.19. The third-order valence-electron chi connectivity index (χ3n) is 1.71. The first-order valence-electron chi connectivity index (χ1n) is 4.27. The van der Waals surface area contributed by atoms with Crippen molar-refractivity contribution in [2.75, 3.05) is 4.72 Å². The lowest BCUT2D eigenvalue weighted by Crippen LogP contribution is -2.12. The van der Waals surface area contributed by atoms with Gasteiger partial charge in [0.1, 0.15) is 14.6 Å². The number of nitrogens with zero attached hydrogens (tertiary/aromatic N) is 1. The van der Waals surface area contributed by atoms with Crippen molar-refractivity contribution in [1.82, 2.24) is 4.98 Å². The van der Waals surface area contributed by atoms with E-state index in [2.05, 4.69) is 25.6 Å². The molecule has 0 aliphatic carbocycles. The average Bonchev–Trinajstić information content (AvgIpc) is 2.69. The van der Waals surface area contributed by atoms with Crippen LogP contribution in [0.15, 0.2) is 44.5 Å². The van der Waals surface area contributed by atoms with E-state index in [1.54, 1.807) is 35.7 Å². The number of aromatic nitrogens is 1.